The zero-order valence-corrected chi connectivity index (χ0v) is 6.84. The van der Waals surface area contributed by atoms with Crippen LogP contribution in [0.15, 0.2) is 4.99 Å². The standard InChI is InChI=1S/C7H15N3O/c1-7(10-6(8)9)2-4-11-5-3-7/h2-5H2,1H3,(H4,8,9,10). The van der Waals surface area contributed by atoms with Crippen LogP contribution in [0.1, 0.15) is 19.8 Å². The molecule has 0 aromatic carbocycles. The van der Waals surface area contributed by atoms with Gasteiger partial charge in [0.05, 0.1) is 5.54 Å². The van der Waals surface area contributed by atoms with Crippen molar-refractivity contribution in [1.82, 2.24) is 0 Å². The molecule has 0 saturated carbocycles. The fourth-order valence-corrected chi connectivity index (χ4v) is 1.23. The van der Waals surface area contributed by atoms with Crippen molar-refractivity contribution in [3.05, 3.63) is 0 Å². The number of rotatable bonds is 1. The Hall–Kier alpha value is -0.770. The summed E-state index contributed by atoms with van der Waals surface area (Å²) in [7, 11) is 0. The van der Waals surface area contributed by atoms with Gasteiger partial charge >= 0.3 is 0 Å². The van der Waals surface area contributed by atoms with Gasteiger partial charge in [-0.1, -0.05) is 0 Å². The summed E-state index contributed by atoms with van der Waals surface area (Å²) in [5.74, 6) is 0.175. The molecule has 4 N–H and O–H groups in total. The van der Waals surface area contributed by atoms with E-state index in [-0.39, 0.29) is 11.5 Å². The average molecular weight is 157 g/mol. The first-order valence-electron chi connectivity index (χ1n) is 3.81. The average Bonchev–Trinajstić information content (AvgIpc) is 1.85. The molecule has 0 aliphatic carbocycles. The van der Waals surface area contributed by atoms with Crippen molar-refractivity contribution in [2.45, 2.75) is 25.3 Å². The van der Waals surface area contributed by atoms with E-state index in [0.29, 0.717) is 0 Å². The van der Waals surface area contributed by atoms with Crippen molar-refractivity contribution >= 4 is 5.96 Å². The number of nitrogens with zero attached hydrogens (tertiary/aromatic N) is 1. The van der Waals surface area contributed by atoms with Crippen molar-refractivity contribution < 1.29 is 4.74 Å². The molecule has 1 aliphatic heterocycles. The van der Waals surface area contributed by atoms with E-state index in [1.165, 1.54) is 0 Å². The first kappa shape index (κ1) is 8.33. The predicted molar refractivity (Wildman–Crippen MR) is 44.3 cm³/mol. The summed E-state index contributed by atoms with van der Waals surface area (Å²) in [6.07, 6.45) is 1.82. The number of guanidine groups is 1. The van der Waals surface area contributed by atoms with Gasteiger partial charge in [0, 0.05) is 13.2 Å². The predicted octanol–water partition coefficient (Wildman–Crippen LogP) is -0.171. The molecule has 0 aromatic heterocycles. The zero-order chi connectivity index (χ0) is 8.32. The molecule has 0 radical (unpaired) electrons. The van der Waals surface area contributed by atoms with Crippen molar-refractivity contribution in [1.29, 1.82) is 0 Å². The van der Waals surface area contributed by atoms with Crippen molar-refractivity contribution in [3.63, 3.8) is 0 Å². The third-order valence-electron chi connectivity index (χ3n) is 1.97. The van der Waals surface area contributed by atoms with Gasteiger partial charge in [0.1, 0.15) is 0 Å². The highest BCUT2D eigenvalue weighted by Gasteiger charge is 2.26. The molecule has 1 fully saturated rings. The molecular formula is C7H15N3O. The van der Waals surface area contributed by atoms with E-state index < -0.39 is 0 Å². The summed E-state index contributed by atoms with van der Waals surface area (Å²) in [4.78, 5) is 4.16. The first-order chi connectivity index (χ1) is 5.12. The third-order valence-corrected chi connectivity index (χ3v) is 1.97. The van der Waals surface area contributed by atoms with Crippen LogP contribution in [0.3, 0.4) is 0 Å². The number of hydrogen-bond acceptors (Lipinski definition) is 2. The van der Waals surface area contributed by atoms with E-state index in [1.807, 2.05) is 0 Å². The lowest BCUT2D eigenvalue weighted by Gasteiger charge is -2.29. The Bertz CT molecular complexity index is 157. The lowest BCUT2D eigenvalue weighted by molar-refractivity contribution is 0.0602. The summed E-state index contributed by atoms with van der Waals surface area (Å²) in [5.41, 5.74) is 10.5. The first-order valence-corrected chi connectivity index (χ1v) is 3.81. The van der Waals surface area contributed by atoms with Crippen LogP contribution in [-0.2, 0) is 4.74 Å². The Morgan fingerprint density at radius 3 is 2.36 bits per heavy atom. The van der Waals surface area contributed by atoms with Gasteiger partial charge in [-0.3, -0.25) is 0 Å². The van der Waals surface area contributed by atoms with Crippen LogP contribution in [0.5, 0.6) is 0 Å². The number of ether oxygens (including phenoxy) is 1. The van der Waals surface area contributed by atoms with Crippen LogP contribution in [0.25, 0.3) is 0 Å². The van der Waals surface area contributed by atoms with Crippen LogP contribution >= 0.6 is 0 Å². The van der Waals surface area contributed by atoms with E-state index in [2.05, 4.69) is 11.9 Å². The normalized spacial score (nSPS) is 22.6. The molecule has 0 atom stereocenters. The number of nitrogens with two attached hydrogens (primary N) is 2. The number of aliphatic imine (C=N–C) groups is 1. The molecule has 0 spiro atoms. The van der Waals surface area contributed by atoms with Gasteiger partial charge in [0.2, 0.25) is 0 Å². The van der Waals surface area contributed by atoms with Gasteiger partial charge in [-0.15, -0.1) is 0 Å². The van der Waals surface area contributed by atoms with E-state index in [4.69, 9.17) is 16.2 Å². The van der Waals surface area contributed by atoms with E-state index >= 15 is 0 Å². The van der Waals surface area contributed by atoms with E-state index in [0.717, 1.165) is 26.1 Å². The fraction of sp³-hybridized carbons (Fsp3) is 0.857. The lowest BCUT2D eigenvalue weighted by atomic mass is 9.94. The quantitative estimate of drug-likeness (QED) is 0.410. The second-order valence-electron chi connectivity index (χ2n) is 3.15. The minimum absolute atomic E-state index is 0.0862. The molecule has 0 bridgehead atoms. The topological polar surface area (TPSA) is 73.6 Å². The van der Waals surface area contributed by atoms with Crippen LogP contribution in [-0.4, -0.2) is 24.7 Å². The molecule has 0 aromatic rings. The molecule has 0 unspecified atom stereocenters. The third kappa shape index (κ3) is 2.38. The van der Waals surface area contributed by atoms with E-state index in [9.17, 15) is 0 Å². The van der Waals surface area contributed by atoms with Crippen LogP contribution in [0, 0.1) is 0 Å². The maximum absolute atomic E-state index is 5.30. The minimum atomic E-state index is -0.0862. The molecule has 0 amide bonds. The molecule has 4 heteroatoms. The maximum atomic E-state index is 5.30. The summed E-state index contributed by atoms with van der Waals surface area (Å²) in [5, 5.41) is 0. The molecule has 4 nitrogen and oxygen atoms in total. The highest BCUT2D eigenvalue weighted by molar-refractivity contribution is 5.76. The van der Waals surface area contributed by atoms with Crippen LogP contribution in [0.2, 0.25) is 0 Å². The van der Waals surface area contributed by atoms with Crippen LogP contribution in [0.4, 0.5) is 0 Å². The lowest BCUT2D eigenvalue weighted by Crippen LogP contribution is -2.36. The smallest absolute Gasteiger partial charge is 0.186 e. The van der Waals surface area contributed by atoms with Gasteiger partial charge in [-0.05, 0) is 19.8 Å². The Balaban J connectivity index is 2.57. The summed E-state index contributed by atoms with van der Waals surface area (Å²) in [6, 6.07) is 0. The van der Waals surface area contributed by atoms with E-state index in [1.54, 1.807) is 0 Å². The van der Waals surface area contributed by atoms with Gasteiger partial charge < -0.3 is 16.2 Å². The Morgan fingerprint density at radius 1 is 1.36 bits per heavy atom. The van der Waals surface area contributed by atoms with Gasteiger partial charge in [-0.25, -0.2) is 4.99 Å². The SMILES string of the molecule is CC1(N=C(N)N)CCOCC1. The number of hydrogen-bond donors (Lipinski definition) is 2. The molecular weight excluding hydrogens is 142 g/mol. The van der Waals surface area contributed by atoms with Crippen molar-refractivity contribution in [2.75, 3.05) is 13.2 Å². The minimum Gasteiger partial charge on any atom is -0.381 e. The second kappa shape index (κ2) is 3.09. The molecule has 1 heterocycles. The fourth-order valence-electron chi connectivity index (χ4n) is 1.23. The van der Waals surface area contributed by atoms with Crippen molar-refractivity contribution in [3.8, 4) is 0 Å². The zero-order valence-electron chi connectivity index (χ0n) is 6.84. The monoisotopic (exact) mass is 157 g/mol. The van der Waals surface area contributed by atoms with Crippen molar-refractivity contribution in [2.24, 2.45) is 16.5 Å². The Kier molecular flexibility index (Phi) is 2.34. The Morgan fingerprint density at radius 2 is 1.91 bits per heavy atom. The summed E-state index contributed by atoms with van der Waals surface area (Å²) >= 11 is 0. The summed E-state index contributed by atoms with van der Waals surface area (Å²) < 4.78 is 5.20. The molecule has 1 saturated heterocycles. The van der Waals surface area contributed by atoms with Crippen LogP contribution < -0.4 is 11.5 Å². The highest BCUT2D eigenvalue weighted by Crippen LogP contribution is 2.23. The van der Waals surface area contributed by atoms with Gasteiger partial charge in [0.25, 0.3) is 0 Å². The molecule has 64 valence electrons. The maximum Gasteiger partial charge on any atom is 0.186 e. The molecule has 11 heavy (non-hydrogen) atoms. The van der Waals surface area contributed by atoms with Gasteiger partial charge in [-0.2, -0.15) is 0 Å². The molecule has 1 aliphatic rings. The Labute approximate surface area is 66.6 Å². The second-order valence-corrected chi connectivity index (χ2v) is 3.15. The molecule has 1 rings (SSSR count). The van der Waals surface area contributed by atoms with Gasteiger partial charge in [0.15, 0.2) is 5.96 Å². The largest absolute Gasteiger partial charge is 0.381 e. The summed E-state index contributed by atoms with van der Waals surface area (Å²) in [6.45, 7) is 3.57. The highest BCUT2D eigenvalue weighted by atomic mass is 16.5.